The molecule has 0 radical (unpaired) electrons. The van der Waals surface area contributed by atoms with E-state index in [0.29, 0.717) is 23.7 Å². The monoisotopic (exact) mass is 286 g/mol. The summed E-state index contributed by atoms with van der Waals surface area (Å²) in [6.07, 6.45) is 2.34. The number of aliphatic hydroxyl groups is 1. The van der Waals surface area contributed by atoms with Crippen molar-refractivity contribution in [1.29, 1.82) is 0 Å². The van der Waals surface area contributed by atoms with Crippen LogP contribution in [0.5, 0.6) is 0 Å². The molecule has 0 spiro atoms. The maximum absolute atomic E-state index is 12.3. The molecule has 1 heterocycles. The van der Waals surface area contributed by atoms with E-state index in [1.54, 1.807) is 12.1 Å². The van der Waals surface area contributed by atoms with Gasteiger partial charge in [-0.2, -0.15) is 0 Å². The van der Waals surface area contributed by atoms with Crippen molar-refractivity contribution < 1.29 is 9.90 Å². The Morgan fingerprint density at radius 2 is 2.29 bits per heavy atom. The molecular weight excluding hydrogens is 264 g/mol. The zero-order chi connectivity index (χ0) is 15.1. The minimum absolute atomic E-state index is 0.0965. The average Bonchev–Trinajstić information content (AvgIpc) is 2.98. The summed E-state index contributed by atoms with van der Waals surface area (Å²) in [6.45, 7) is 4.77. The number of rotatable bonds is 4. The van der Waals surface area contributed by atoms with Gasteiger partial charge in [-0.3, -0.25) is 9.69 Å². The van der Waals surface area contributed by atoms with Gasteiger partial charge in [-0.25, -0.2) is 0 Å². The molecule has 4 nitrogen and oxygen atoms in total. The molecule has 112 valence electrons. The van der Waals surface area contributed by atoms with Gasteiger partial charge in [0, 0.05) is 18.2 Å². The fraction of sp³-hybridized carbons (Fsp3) is 0.471. The third kappa shape index (κ3) is 4.07. The van der Waals surface area contributed by atoms with Crippen LogP contribution in [0.4, 0.5) is 0 Å². The van der Waals surface area contributed by atoms with Crippen molar-refractivity contribution in [1.82, 2.24) is 10.2 Å². The lowest BCUT2D eigenvalue weighted by Crippen LogP contribution is -2.40. The van der Waals surface area contributed by atoms with E-state index in [9.17, 15) is 4.79 Å². The quantitative estimate of drug-likeness (QED) is 0.819. The Kier molecular flexibility index (Phi) is 5.79. The van der Waals surface area contributed by atoms with Crippen molar-refractivity contribution in [3.8, 4) is 11.8 Å². The van der Waals surface area contributed by atoms with Crippen LogP contribution in [0.1, 0.15) is 35.7 Å². The molecule has 1 fully saturated rings. The van der Waals surface area contributed by atoms with Gasteiger partial charge >= 0.3 is 0 Å². The van der Waals surface area contributed by atoms with E-state index < -0.39 is 0 Å². The first-order chi connectivity index (χ1) is 10.3. The first-order valence-corrected chi connectivity index (χ1v) is 7.47. The molecule has 1 aliphatic rings. The molecule has 0 aliphatic carbocycles. The molecule has 21 heavy (non-hydrogen) atoms. The molecular formula is C17H22N2O2. The molecule has 1 amide bonds. The van der Waals surface area contributed by atoms with Crippen LogP contribution in [0.3, 0.4) is 0 Å². The summed E-state index contributed by atoms with van der Waals surface area (Å²) in [5, 5.41) is 11.8. The molecule has 1 unspecified atom stereocenters. The van der Waals surface area contributed by atoms with Gasteiger partial charge in [0.05, 0.1) is 5.56 Å². The molecule has 1 saturated heterocycles. The standard InChI is InChI=1S/C17H22N2O2/c1-2-19-11-5-9-15(19)13-18-17(21)16-10-4-3-7-14(16)8-6-12-20/h3-4,7,10,15,20H,2,5,9,11-13H2,1H3,(H,18,21). The number of carbonyl (C=O) groups is 1. The van der Waals surface area contributed by atoms with Crippen LogP contribution in [0.15, 0.2) is 24.3 Å². The lowest BCUT2D eigenvalue weighted by atomic mass is 10.1. The normalized spacial score (nSPS) is 18.1. The van der Waals surface area contributed by atoms with Crippen molar-refractivity contribution >= 4 is 5.91 Å². The van der Waals surface area contributed by atoms with Crippen molar-refractivity contribution in [2.45, 2.75) is 25.8 Å². The van der Waals surface area contributed by atoms with Crippen molar-refractivity contribution in [2.75, 3.05) is 26.2 Å². The fourth-order valence-corrected chi connectivity index (χ4v) is 2.77. The smallest absolute Gasteiger partial charge is 0.252 e. The summed E-state index contributed by atoms with van der Waals surface area (Å²) in [5.74, 6) is 5.31. The van der Waals surface area contributed by atoms with Crippen molar-refractivity contribution in [3.63, 3.8) is 0 Å². The fourth-order valence-electron chi connectivity index (χ4n) is 2.77. The van der Waals surface area contributed by atoms with Gasteiger partial charge in [0.2, 0.25) is 0 Å². The van der Waals surface area contributed by atoms with Gasteiger partial charge in [0.25, 0.3) is 5.91 Å². The zero-order valence-electron chi connectivity index (χ0n) is 12.4. The van der Waals surface area contributed by atoms with E-state index in [2.05, 4.69) is 29.0 Å². The summed E-state index contributed by atoms with van der Waals surface area (Å²) in [5.41, 5.74) is 1.22. The minimum Gasteiger partial charge on any atom is -0.384 e. The molecule has 2 N–H and O–H groups in total. The number of carbonyl (C=O) groups excluding carboxylic acids is 1. The van der Waals surface area contributed by atoms with Crippen LogP contribution in [-0.4, -0.2) is 48.2 Å². The highest BCUT2D eigenvalue weighted by atomic mass is 16.2. The molecule has 1 aromatic carbocycles. The van der Waals surface area contributed by atoms with Crippen molar-refractivity contribution in [3.05, 3.63) is 35.4 Å². The third-order valence-electron chi connectivity index (χ3n) is 3.88. The van der Waals surface area contributed by atoms with Gasteiger partial charge in [0.1, 0.15) is 6.61 Å². The van der Waals surface area contributed by atoms with Gasteiger partial charge in [0.15, 0.2) is 0 Å². The summed E-state index contributed by atoms with van der Waals surface area (Å²) >= 11 is 0. The second kappa shape index (κ2) is 7.82. The summed E-state index contributed by atoms with van der Waals surface area (Å²) in [7, 11) is 0. The topological polar surface area (TPSA) is 52.6 Å². The molecule has 2 rings (SSSR count). The van der Waals surface area contributed by atoms with Crippen LogP contribution < -0.4 is 5.32 Å². The Morgan fingerprint density at radius 3 is 3.05 bits per heavy atom. The van der Waals surface area contributed by atoms with Gasteiger partial charge in [-0.05, 0) is 38.1 Å². The Balaban J connectivity index is 2.00. The lowest BCUT2D eigenvalue weighted by molar-refractivity contribution is 0.0941. The van der Waals surface area contributed by atoms with Gasteiger partial charge in [-0.1, -0.05) is 30.9 Å². The molecule has 1 atom stereocenters. The predicted octanol–water partition coefficient (Wildman–Crippen LogP) is 1.24. The largest absolute Gasteiger partial charge is 0.384 e. The Morgan fingerprint density at radius 1 is 1.48 bits per heavy atom. The number of amides is 1. The second-order valence-corrected chi connectivity index (χ2v) is 5.14. The number of likely N-dealkylation sites (tertiary alicyclic amines) is 1. The number of hydrogen-bond acceptors (Lipinski definition) is 3. The van der Waals surface area contributed by atoms with Gasteiger partial charge in [-0.15, -0.1) is 0 Å². The summed E-state index contributed by atoms with van der Waals surface area (Å²) in [6, 6.07) is 7.67. The highest BCUT2D eigenvalue weighted by Gasteiger charge is 2.23. The van der Waals surface area contributed by atoms with E-state index in [0.717, 1.165) is 19.5 Å². The van der Waals surface area contributed by atoms with Crippen LogP contribution in [-0.2, 0) is 0 Å². The third-order valence-corrected chi connectivity index (χ3v) is 3.88. The molecule has 1 aliphatic heterocycles. The molecule has 0 bridgehead atoms. The first-order valence-electron chi connectivity index (χ1n) is 7.47. The number of hydrogen-bond donors (Lipinski definition) is 2. The Labute approximate surface area is 126 Å². The molecule has 0 aromatic heterocycles. The zero-order valence-corrected chi connectivity index (χ0v) is 12.4. The highest BCUT2D eigenvalue weighted by molar-refractivity contribution is 5.96. The lowest BCUT2D eigenvalue weighted by Gasteiger charge is -2.23. The maximum atomic E-state index is 12.3. The molecule has 0 saturated carbocycles. The number of nitrogens with one attached hydrogen (secondary N) is 1. The molecule has 4 heteroatoms. The second-order valence-electron chi connectivity index (χ2n) is 5.14. The van der Waals surface area contributed by atoms with E-state index in [1.165, 1.54) is 6.42 Å². The van der Waals surface area contributed by atoms with Crippen molar-refractivity contribution in [2.24, 2.45) is 0 Å². The number of nitrogens with zero attached hydrogens (tertiary/aromatic N) is 1. The Hall–Kier alpha value is -1.83. The summed E-state index contributed by atoms with van der Waals surface area (Å²) < 4.78 is 0. The van der Waals surface area contributed by atoms with E-state index in [1.807, 2.05) is 12.1 Å². The SMILES string of the molecule is CCN1CCCC1CNC(=O)c1ccccc1C#CCO. The number of likely N-dealkylation sites (N-methyl/N-ethyl adjacent to an activating group) is 1. The maximum Gasteiger partial charge on any atom is 0.252 e. The van der Waals surface area contributed by atoms with E-state index >= 15 is 0 Å². The average molecular weight is 286 g/mol. The first kappa shape index (κ1) is 15.6. The van der Waals surface area contributed by atoms with Crippen LogP contribution in [0, 0.1) is 11.8 Å². The van der Waals surface area contributed by atoms with Gasteiger partial charge < -0.3 is 10.4 Å². The predicted molar refractivity (Wildman–Crippen MR) is 83.0 cm³/mol. The molecule has 1 aromatic rings. The van der Waals surface area contributed by atoms with E-state index in [4.69, 9.17) is 5.11 Å². The number of aliphatic hydroxyl groups excluding tert-OH is 1. The van der Waals surface area contributed by atoms with Crippen LogP contribution >= 0.6 is 0 Å². The summed E-state index contributed by atoms with van der Waals surface area (Å²) in [4.78, 5) is 14.7. The number of benzene rings is 1. The van der Waals surface area contributed by atoms with E-state index in [-0.39, 0.29) is 12.5 Å². The highest BCUT2D eigenvalue weighted by Crippen LogP contribution is 2.16. The van der Waals surface area contributed by atoms with Crippen LogP contribution in [0.25, 0.3) is 0 Å². The Bertz CT molecular complexity index is 545. The minimum atomic E-state index is -0.205. The van der Waals surface area contributed by atoms with Crippen LogP contribution in [0.2, 0.25) is 0 Å².